The minimum absolute atomic E-state index is 0.192. The van der Waals surface area contributed by atoms with E-state index < -0.39 is 0 Å². The SMILES string of the molecule is CCOC(=O)CSC(=Nc1ccc(Br)cc1)OC. The van der Waals surface area contributed by atoms with Gasteiger partial charge in [-0.15, -0.1) is 0 Å². The average Bonchev–Trinajstić information content (AvgIpc) is 2.37. The minimum atomic E-state index is -0.275. The van der Waals surface area contributed by atoms with Crippen LogP contribution < -0.4 is 0 Å². The number of hydrogen-bond donors (Lipinski definition) is 0. The Bertz CT molecular complexity index is 420. The Morgan fingerprint density at radius 3 is 2.61 bits per heavy atom. The van der Waals surface area contributed by atoms with E-state index in [2.05, 4.69) is 20.9 Å². The smallest absolute Gasteiger partial charge is 0.316 e. The fourth-order valence-corrected chi connectivity index (χ4v) is 1.96. The zero-order chi connectivity index (χ0) is 13.4. The van der Waals surface area contributed by atoms with Gasteiger partial charge in [0.15, 0.2) is 0 Å². The number of ether oxygens (including phenoxy) is 2. The maximum atomic E-state index is 11.2. The van der Waals surface area contributed by atoms with E-state index in [1.54, 1.807) is 6.92 Å². The molecule has 0 heterocycles. The highest BCUT2D eigenvalue weighted by Crippen LogP contribution is 2.19. The first-order valence-corrected chi connectivity index (χ1v) is 7.10. The number of carbonyl (C=O) groups is 1. The maximum absolute atomic E-state index is 11.2. The summed E-state index contributed by atoms with van der Waals surface area (Å²) in [6, 6.07) is 7.49. The Kier molecular flexibility index (Phi) is 6.82. The molecule has 0 spiro atoms. The molecule has 0 aliphatic heterocycles. The van der Waals surface area contributed by atoms with Gasteiger partial charge in [-0.1, -0.05) is 27.7 Å². The van der Waals surface area contributed by atoms with Crippen molar-refractivity contribution in [1.29, 1.82) is 0 Å². The van der Waals surface area contributed by atoms with Gasteiger partial charge in [-0.05, 0) is 31.2 Å². The van der Waals surface area contributed by atoms with Crippen LogP contribution in [0, 0.1) is 0 Å². The molecule has 0 aliphatic carbocycles. The van der Waals surface area contributed by atoms with Crippen LogP contribution in [0.15, 0.2) is 33.7 Å². The molecule has 1 aromatic rings. The number of hydrogen-bond acceptors (Lipinski definition) is 5. The monoisotopic (exact) mass is 331 g/mol. The van der Waals surface area contributed by atoms with Gasteiger partial charge in [0.25, 0.3) is 5.23 Å². The summed E-state index contributed by atoms with van der Waals surface area (Å²) < 4.78 is 10.9. The van der Waals surface area contributed by atoms with Crippen LogP contribution in [-0.4, -0.2) is 30.7 Å². The summed E-state index contributed by atoms with van der Waals surface area (Å²) in [5, 5.41) is 0.436. The summed E-state index contributed by atoms with van der Waals surface area (Å²) in [6.07, 6.45) is 0. The Hall–Kier alpha value is -1.01. The molecular weight excluding hydrogens is 318 g/mol. The molecule has 4 nitrogen and oxygen atoms in total. The highest BCUT2D eigenvalue weighted by molar-refractivity contribution is 9.10. The van der Waals surface area contributed by atoms with Crippen molar-refractivity contribution in [2.24, 2.45) is 4.99 Å². The van der Waals surface area contributed by atoms with Crippen LogP contribution in [0.25, 0.3) is 0 Å². The zero-order valence-electron chi connectivity index (χ0n) is 10.2. The number of esters is 1. The van der Waals surface area contributed by atoms with Gasteiger partial charge in [-0.3, -0.25) is 4.79 Å². The van der Waals surface area contributed by atoms with Crippen LogP contribution in [0.1, 0.15) is 6.92 Å². The Labute approximate surface area is 119 Å². The van der Waals surface area contributed by atoms with E-state index in [1.807, 2.05) is 24.3 Å². The molecule has 98 valence electrons. The van der Waals surface area contributed by atoms with Gasteiger partial charge in [0.1, 0.15) is 5.75 Å². The van der Waals surface area contributed by atoms with Crippen molar-refractivity contribution in [3.8, 4) is 0 Å². The molecule has 0 amide bonds. The van der Waals surface area contributed by atoms with Crippen molar-refractivity contribution in [3.05, 3.63) is 28.7 Å². The lowest BCUT2D eigenvalue weighted by molar-refractivity contribution is -0.139. The second-order valence-corrected chi connectivity index (χ2v) is 4.99. The van der Waals surface area contributed by atoms with Gasteiger partial charge in [0.05, 0.1) is 19.4 Å². The number of carbonyl (C=O) groups excluding carboxylic acids is 1. The molecule has 0 saturated heterocycles. The van der Waals surface area contributed by atoms with Crippen molar-refractivity contribution >= 4 is 44.6 Å². The van der Waals surface area contributed by atoms with Crippen LogP contribution in [0.2, 0.25) is 0 Å². The van der Waals surface area contributed by atoms with Crippen LogP contribution in [0.3, 0.4) is 0 Å². The molecule has 0 aliphatic rings. The van der Waals surface area contributed by atoms with Crippen molar-refractivity contribution in [1.82, 2.24) is 0 Å². The standard InChI is InChI=1S/C12H14BrNO3S/c1-3-17-11(15)8-18-12(16-2)14-10-6-4-9(13)5-7-10/h4-7H,3,8H2,1-2H3. The van der Waals surface area contributed by atoms with Crippen molar-refractivity contribution in [2.45, 2.75) is 6.92 Å². The predicted molar refractivity (Wildman–Crippen MR) is 77.3 cm³/mol. The molecule has 18 heavy (non-hydrogen) atoms. The first-order valence-electron chi connectivity index (χ1n) is 5.32. The van der Waals surface area contributed by atoms with Crippen molar-refractivity contribution < 1.29 is 14.3 Å². The van der Waals surface area contributed by atoms with Crippen molar-refractivity contribution in [3.63, 3.8) is 0 Å². The number of halogens is 1. The highest BCUT2D eigenvalue weighted by atomic mass is 79.9. The second kappa shape index (κ2) is 8.16. The number of rotatable bonds is 4. The Morgan fingerprint density at radius 2 is 2.06 bits per heavy atom. The fourth-order valence-electron chi connectivity index (χ4n) is 1.08. The van der Waals surface area contributed by atoms with E-state index in [-0.39, 0.29) is 11.7 Å². The quantitative estimate of drug-likeness (QED) is 0.482. The Balaban J connectivity index is 2.59. The highest BCUT2D eigenvalue weighted by Gasteiger charge is 2.07. The summed E-state index contributed by atoms with van der Waals surface area (Å²) in [4.78, 5) is 15.5. The molecule has 0 bridgehead atoms. The normalized spacial score (nSPS) is 11.2. The number of thioether (sulfide) groups is 1. The summed E-state index contributed by atoms with van der Waals surface area (Å²) in [5.74, 6) is -0.0834. The van der Waals surface area contributed by atoms with E-state index in [0.717, 1.165) is 10.2 Å². The van der Waals surface area contributed by atoms with Crippen LogP contribution in [-0.2, 0) is 14.3 Å². The summed E-state index contributed by atoms with van der Waals surface area (Å²) in [7, 11) is 1.52. The molecule has 0 radical (unpaired) electrons. The first kappa shape index (κ1) is 15.0. The maximum Gasteiger partial charge on any atom is 0.316 e. The third-order valence-electron chi connectivity index (χ3n) is 1.84. The third-order valence-corrected chi connectivity index (χ3v) is 3.25. The Morgan fingerprint density at radius 1 is 1.39 bits per heavy atom. The largest absolute Gasteiger partial charge is 0.476 e. The molecule has 6 heteroatoms. The minimum Gasteiger partial charge on any atom is -0.476 e. The lowest BCUT2D eigenvalue weighted by atomic mass is 10.3. The zero-order valence-corrected chi connectivity index (χ0v) is 12.6. The van der Waals surface area contributed by atoms with E-state index in [4.69, 9.17) is 9.47 Å². The lowest BCUT2D eigenvalue weighted by Crippen LogP contribution is -2.09. The second-order valence-electron chi connectivity index (χ2n) is 3.15. The molecule has 0 saturated carbocycles. The van der Waals surface area contributed by atoms with E-state index >= 15 is 0 Å². The topological polar surface area (TPSA) is 47.9 Å². The number of benzene rings is 1. The third kappa shape index (κ3) is 5.55. The van der Waals surface area contributed by atoms with Crippen LogP contribution in [0.5, 0.6) is 0 Å². The number of nitrogens with zero attached hydrogens (tertiary/aromatic N) is 1. The molecule has 0 aromatic heterocycles. The lowest BCUT2D eigenvalue weighted by Gasteiger charge is -2.04. The van der Waals surface area contributed by atoms with Gasteiger partial charge < -0.3 is 9.47 Å². The summed E-state index contributed by atoms with van der Waals surface area (Å²) >= 11 is 4.56. The molecular formula is C12H14BrNO3S. The molecule has 0 fully saturated rings. The average molecular weight is 332 g/mol. The molecule has 1 rings (SSSR count). The van der Waals surface area contributed by atoms with Crippen molar-refractivity contribution in [2.75, 3.05) is 19.5 Å². The predicted octanol–water partition coefficient (Wildman–Crippen LogP) is 3.38. The number of aliphatic imine (C=N–C) groups is 1. The summed E-state index contributed by atoms with van der Waals surface area (Å²) in [6.45, 7) is 2.15. The molecule has 0 unspecified atom stereocenters. The van der Waals surface area contributed by atoms with Gasteiger partial charge in [0.2, 0.25) is 0 Å². The van der Waals surface area contributed by atoms with Gasteiger partial charge in [-0.2, -0.15) is 0 Å². The van der Waals surface area contributed by atoms with E-state index in [0.29, 0.717) is 11.8 Å². The van der Waals surface area contributed by atoms with Gasteiger partial charge >= 0.3 is 5.97 Å². The number of methoxy groups -OCH3 is 1. The molecule has 1 aromatic carbocycles. The van der Waals surface area contributed by atoms with E-state index in [1.165, 1.54) is 18.9 Å². The van der Waals surface area contributed by atoms with Gasteiger partial charge in [-0.25, -0.2) is 4.99 Å². The molecule has 0 atom stereocenters. The first-order chi connectivity index (χ1) is 8.65. The van der Waals surface area contributed by atoms with Gasteiger partial charge in [0, 0.05) is 4.47 Å². The van der Waals surface area contributed by atoms with Crippen LogP contribution >= 0.6 is 27.7 Å². The van der Waals surface area contributed by atoms with Crippen LogP contribution in [0.4, 0.5) is 5.69 Å². The summed E-state index contributed by atoms with van der Waals surface area (Å²) in [5.41, 5.74) is 0.770. The molecule has 0 N–H and O–H groups in total. The van der Waals surface area contributed by atoms with E-state index in [9.17, 15) is 4.79 Å². The fraction of sp³-hybridized carbons (Fsp3) is 0.333.